The first-order chi connectivity index (χ1) is 8.45. The predicted octanol–water partition coefficient (Wildman–Crippen LogP) is 3.24. The Morgan fingerprint density at radius 3 is 2.39 bits per heavy atom. The number of nitrogens with zero attached hydrogens (tertiary/aromatic N) is 1. The van der Waals surface area contributed by atoms with Crippen molar-refractivity contribution in [1.29, 1.82) is 5.41 Å². The van der Waals surface area contributed by atoms with Crippen molar-refractivity contribution in [1.82, 2.24) is 4.90 Å². The minimum absolute atomic E-state index is 0.116. The molecule has 0 atom stereocenters. The summed E-state index contributed by atoms with van der Waals surface area (Å²) in [7, 11) is 0. The number of unbranched alkanes of at least 4 members (excludes halogenated alkanes) is 1. The Morgan fingerprint density at radius 1 is 1.28 bits per heavy atom. The highest BCUT2D eigenvalue weighted by atomic mass is 15.1. The molecule has 1 saturated heterocycles. The Labute approximate surface area is 113 Å². The maximum Gasteiger partial charge on any atom is 0.0963 e. The second-order valence-electron chi connectivity index (χ2n) is 6.45. The van der Waals surface area contributed by atoms with E-state index in [1.54, 1.807) is 0 Å². The Bertz CT molecular complexity index is 252. The van der Waals surface area contributed by atoms with E-state index in [0.717, 1.165) is 12.3 Å². The van der Waals surface area contributed by atoms with Crippen molar-refractivity contribution in [3.05, 3.63) is 0 Å². The predicted molar refractivity (Wildman–Crippen MR) is 79.0 cm³/mol. The molecule has 0 bridgehead atoms. The fourth-order valence-corrected chi connectivity index (χ4v) is 2.66. The van der Waals surface area contributed by atoms with Crippen molar-refractivity contribution in [2.45, 2.75) is 59.3 Å². The van der Waals surface area contributed by atoms with Gasteiger partial charge in [0, 0.05) is 5.41 Å². The van der Waals surface area contributed by atoms with Gasteiger partial charge < -0.3 is 10.6 Å². The van der Waals surface area contributed by atoms with Gasteiger partial charge in [-0.15, -0.1) is 0 Å². The molecule has 0 aromatic rings. The lowest BCUT2D eigenvalue weighted by Gasteiger charge is -2.31. The monoisotopic (exact) mass is 253 g/mol. The van der Waals surface area contributed by atoms with Crippen LogP contribution in [0, 0.1) is 16.7 Å². The first-order valence-electron chi connectivity index (χ1n) is 7.52. The topological polar surface area (TPSA) is 53.1 Å². The third kappa shape index (κ3) is 4.97. The highest BCUT2D eigenvalue weighted by molar-refractivity contribution is 5.82. The summed E-state index contributed by atoms with van der Waals surface area (Å²) in [5, 5.41) is 7.54. The molecule has 1 aliphatic heterocycles. The number of piperidine rings is 1. The maximum atomic E-state index is 7.54. The fraction of sp³-hybridized carbons (Fsp3) is 0.933. The largest absolute Gasteiger partial charge is 0.387 e. The summed E-state index contributed by atoms with van der Waals surface area (Å²) in [5.41, 5.74) is 5.48. The van der Waals surface area contributed by atoms with Crippen LogP contribution in [0.15, 0.2) is 0 Å². The Morgan fingerprint density at radius 2 is 1.89 bits per heavy atom. The molecule has 0 spiro atoms. The van der Waals surface area contributed by atoms with Gasteiger partial charge in [0.25, 0.3) is 0 Å². The minimum Gasteiger partial charge on any atom is -0.387 e. The number of amidine groups is 1. The molecule has 0 aromatic heterocycles. The Hall–Kier alpha value is -0.570. The maximum absolute atomic E-state index is 7.54. The second kappa shape index (κ2) is 7.13. The van der Waals surface area contributed by atoms with E-state index in [9.17, 15) is 0 Å². The summed E-state index contributed by atoms with van der Waals surface area (Å²) in [6.07, 6.45) is 7.58. The number of nitrogens with one attached hydrogen (secondary N) is 1. The number of likely N-dealkylation sites (tertiary alicyclic amines) is 1. The van der Waals surface area contributed by atoms with Crippen molar-refractivity contribution in [2.75, 3.05) is 19.6 Å². The van der Waals surface area contributed by atoms with Gasteiger partial charge >= 0.3 is 0 Å². The van der Waals surface area contributed by atoms with E-state index in [2.05, 4.69) is 25.7 Å². The molecular formula is C15H31N3. The minimum atomic E-state index is -0.116. The lowest BCUT2D eigenvalue weighted by atomic mass is 9.86. The molecule has 0 saturated carbocycles. The SMILES string of the molecule is CCC1CCN(CCCCC(C)(C)C(=N)N)CC1. The van der Waals surface area contributed by atoms with Crippen molar-refractivity contribution >= 4 is 5.84 Å². The smallest absolute Gasteiger partial charge is 0.0963 e. The molecule has 0 aromatic carbocycles. The molecule has 1 aliphatic rings. The van der Waals surface area contributed by atoms with Gasteiger partial charge in [-0.2, -0.15) is 0 Å². The standard InChI is InChI=1S/C15H31N3/c1-4-13-7-11-18(12-8-13)10-6-5-9-15(2,3)14(16)17/h13H,4-12H2,1-3H3,(H3,16,17). The van der Waals surface area contributed by atoms with Crippen LogP contribution in [0.2, 0.25) is 0 Å². The van der Waals surface area contributed by atoms with Crippen molar-refractivity contribution < 1.29 is 0 Å². The average molecular weight is 253 g/mol. The molecule has 0 amide bonds. The second-order valence-corrected chi connectivity index (χ2v) is 6.45. The van der Waals surface area contributed by atoms with Crippen LogP contribution in [-0.2, 0) is 0 Å². The molecule has 1 heterocycles. The van der Waals surface area contributed by atoms with Crippen LogP contribution in [0.4, 0.5) is 0 Å². The van der Waals surface area contributed by atoms with E-state index < -0.39 is 0 Å². The zero-order chi connectivity index (χ0) is 13.6. The van der Waals surface area contributed by atoms with E-state index in [0.29, 0.717) is 5.84 Å². The molecule has 3 nitrogen and oxygen atoms in total. The summed E-state index contributed by atoms with van der Waals surface area (Å²) in [6, 6.07) is 0. The molecule has 18 heavy (non-hydrogen) atoms. The van der Waals surface area contributed by atoms with Gasteiger partial charge in [0.05, 0.1) is 5.84 Å². The van der Waals surface area contributed by atoms with Crippen molar-refractivity contribution in [2.24, 2.45) is 17.1 Å². The molecular weight excluding hydrogens is 222 g/mol. The van der Waals surface area contributed by atoms with Crippen LogP contribution in [-0.4, -0.2) is 30.4 Å². The van der Waals surface area contributed by atoms with E-state index in [1.807, 2.05) is 0 Å². The average Bonchev–Trinajstić information content (AvgIpc) is 2.35. The van der Waals surface area contributed by atoms with Gasteiger partial charge in [-0.05, 0) is 51.2 Å². The van der Waals surface area contributed by atoms with E-state index in [-0.39, 0.29) is 5.41 Å². The van der Waals surface area contributed by atoms with Gasteiger partial charge in [0.1, 0.15) is 0 Å². The fourth-order valence-electron chi connectivity index (χ4n) is 2.66. The van der Waals surface area contributed by atoms with Gasteiger partial charge in [0.2, 0.25) is 0 Å². The zero-order valence-corrected chi connectivity index (χ0v) is 12.5. The molecule has 3 N–H and O–H groups in total. The van der Waals surface area contributed by atoms with Gasteiger partial charge in [-0.3, -0.25) is 5.41 Å². The van der Waals surface area contributed by atoms with E-state index in [1.165, 1.54) is 51.7 Å². The summed E-state index contributed by atoms with van der Waals surface area (Å²) in [6.45, 7) is 10.3. The van der Waals surface area contributed by atoms with Crippen LogP contribution in [0.1, 0.15) is 59.3 Å². The van der Waals surface area contributed by atoms with E-state index in [4.69, 9.17) is 11.1 Å². The molecule has 106 valence electrons. The number of hydrogen-bond donors (Lipinski definition) is 2. The lowest BCUT2D eigenvalue weighted by molar-refractivity contribution is 0.177. The molecule has 1 fully saturated rings. The summed E-state index contributed by atoms with van der Waals surface area (Å²) < 4.78 is 0. The quantitative estimate of drug-likeness (QED) is 0.416. The van der Waals surface area contributed by atoms with Crippen molar-refractivity contribution in [3.63, 3.8) is 0 Å². The van der Waals surface area contributed by atoms with Crippen LogP contribution < -0.4 is 5.73 Å². The first kappa shape index (κ1) is 15.5. The van der Waals surface area contributed by atoms with Crippen LogP contribution >= 0.6 is 0 Å². The molecule has 0 unspecified atom stereocenters. The summed E-state index contributed by atoms with van der Waals surface area (Å²) in [5.74, 6) is 1.30. The number of hydrogen-bond acceptors (Lipinski definition) is 2. The first-order valence-corrected chi connectivity index (χ1v) is 7.52. The van der Waals surface area contributed by atoms with Crippen molar-refractivity contribution in [3.8, 4) is 0 Å². The third-order valence-corrected chi connectivity index (χ3v) is 4.54. The molecule has 0 radical (unpaired) electrons. The Balaban J connectivity index is 2.10. The van der Waals surface area contributed by atoms with Gasteiger partial charge in [0.15, 0.2) is 0 Å². The van der Waals surface area contributed by atoms with Crippen LogP contribution in [0.3, 0.4) is 0 Å². The highest BCUT2D eigenvalue weighted by Gasteiger charge is 2.21. The summed E-state index contributed by atoms with van der Waals surface area (Å²) >= 11 is 0. The van der Waals surface area contributed by atoms with E-state index >= 15 is 0 Å². The Kier molecular flexibility index (Phi) is 6.13. The molecule has 0 aliphatic carbocycles. The molecule has 1 rings (SSSR count). The van der Waals surface area contributed by atoms with Gasteiger partial charge in [-0.1, -0.05) is 33.6 Å². The van der Waals surface area contributed by atoms with Crippen LogP contribution in [0.5, 0.6) is 0 Å². The zero-order valence-electron chi connectivity index (χ0n) is 12.5. The summed E-state index contributed by atoms with van der Waals surface area (Å²) in [4.78, 5) is 2.60. The normalized spacial score (nSPS) is 19.1. The molecule has 3 heteroatoms. The number of rotatable bonds is 7. The number of nitrogens with two attached hydrogens (primary N) is 1. The highest BCUT2D eigenvalue weighted by Crippen LogP contribution is 2.24. The van der Waals surface area contributed by atoms with Crippen LogP contribution in [0.25, 0.3) is 0 Å². The van der Waals surface area contributed by atoms with Gasteiger partial charge in [-0.25, -0.2) is 0 Å². The lowest BCUT2D eigenvalue weighted by Crippen LogP contribution is -2.34. The third-order valence-electron chi connectivity index (χ3n) is 4.54.